The lowest BCUT2D eigenvalue weighted by atomic mass is 10.1. The number of imidazole rings is 1. The number of halogens is 5. The summed E-state index contributed by atoms with van der Waals surface area (Å²) in [5, 5.41) is 0. The molecule has 5 rings (SSSR count). The van der Waals surface area contributed by atoms with E-state index in [2.05, 4.69) is 15.0 Å². The van der Waals surface area contributed by atoms with Crippen molar-refractivity contribution in [1.82, 2.24) is 29.0 Å². The van der Waals surface area contributed by atoms with Crippen LogP contribution in [0.5, 0.6) is 0 Å². The molecular weight excluding hydrogens is 559 g/mol. The summed E-state index contributed by atoms with van der Waals surface area (Å²) in [6.45, 7) is 0.933. The SMILES string of the molecule is C/C=C(/c1ccc(Cn2c(=O)n(C)c3cnc(-c4cccnc4N4CC(F)(F)C4)nc32)cc1)N(C)/C=C(\N)C(F)(F)F. The monoisotopic (exact) mass is 586 g/mol. The highest BCUT2D eigenvalue weighted by Crippen LogP contribution is 2.35. The largest absolute Gasteiger partial charge is 0.432 e. The van der Waals surface area contributed by atoms with Gasteiger partial charge in [-0.15, -0.1) is 0 Å². The van der Waals surface area contributed by atoms with E-state index >= 15 is 0 Å². The quantitative estimate of drug-likeness (QED) is 0.322. The van der Waals surface area contributed by atoms with E-state index in [9.17, 15) is 26.7 Å². The average Bonchev–Trinajstić information content (AvgIpc) is 3.16. The minimum Gasteiger partial charge on any atom is -0.394 e. The smallest absolute Gasteiger partial charge is 0.394 e. The van der Waals surface area contributed by atoms with Gasteiger partial charge in [0.15, 0.2) is 11.5 Å². The van der Waals surface area contributed by atoms with E-state index < -0.39 is 30.9 Å². The zero-order valence-electron chi connectivity index (χ0n) is 22.9. The van der Waals surface area contributed by atoms with Crippen LogP contribution >= 0.6 is 0 Å². The van der Waals surface area contributed by atoms with Crippen LogP contribution in [-0.2, 0) is 13.6 Å². The number of hydrogen-bond donors (Lipinski definition) is 1. The van der Waals surface area contributed by atoms with Gasteiger partial charge in [-0.05, 0) is 30.2 Å². The first kappa shape index (κ1) is 28.8. The fraction of sp³-hybridized carbons (Fsp3) is 0.286. The number of fused-ring (bicyclic) bond motifs is 1. The van der Waals surface area contributed by atoms with Crippen LogP contribution in [0, 0.1) is 0 Å². The number of alkyl halides is 5. The molecule has 0 atom stereocenters. The molecule has 4 heterocycles. The number of aryl methyl sites for hydroxylation is 1. The Hall–Kier alpha value is -4.75. The lowest BCUT2D eigenvalue weighted by Gasteiger charge is -2.40. The van der Waals surface area contributed by atoms with E-state index in [4.69, 9.17) is 5.73 Å². The third-order valence-corrected chi connectivity index (χ3v) is 6.96. The van der Waals surface area contributed by atoms with Gasteiger partial charge in [0.1, 0.15) is 17.0 Å². The molecule has 42 heavy (non-hydrogen) atoms. The zero-order valence-corrected chi connectivity index (χ0v) is 22.9. The van der Waals surface area contributed by atoms with Crippen molar-refractivity contribution in [2.75, 3.05) is 25.0 Å². The molecule has 2 N–H and O–H groups in total. The van der Waals surface area contributed by atoms with Crippen molar-refractivity contribution in [2.24, 2.45) is 12.8 Å². The number of rotatable bonds is 7. The second-order valence-electron chi connectivity index (χ2n) is 9.98. The first-order valence-corrected chi connectivity index (χ1v) is 12.8. The van der Waals surface area contributed by atoms with Crippen LogP contribution in [0.15, 0.2) is 71.6 Å². The Balaban J connectivity index is 1.45. The normalized spacial score (nSPS) is 15.7. The molecule has 3 aromatic heterocycles. The minimum absolute atomic E-state index is 0.146. The Morgan fingerprint density at radius 2 is 1.83 bits per heavy atom. The van der Waals surface area contributed by atoms with Crippen LogP contribution in [0.4, 0.5) is 27.8 Å². The highest BCUT2D eigenvalue weighted by Gasteiger charge is 2.45. The summed E-state index contributed by atoms with van der Waals surface area (Å²) in [5.41, 5.74) is 6.79. The van der Waals surface area contributed by atoms with E-state index in [-0.39, 0.29) is 18.1 Å². The number of nitrogens with two attached hydrogens (primary N) is 1. The summed E-state index contributed by atoms with van der Waals surface area (Å²) in [6, 6.07) is 10.4. The van der Waals surface area contributed by atoms with Gasteiger partial charge in [-0.1, -0.05) is 30.3 Å². The van der Waals surface area contributed by atoms with Gasteiger partial charge in [-0.3, -0.25) is 9.13 Å². The minimum atomic E-state index is -4.64. The molecule has 1 aliphatic heterocycles. The number of hydrogen-bond acceptors (Lipinski definition) is 7. The van der Waals surface area contributed by atoms with Crippen molar-refractivity contribution in [3.8, 4) is 11.4 Å². The highest BCUT2D eigenvalue weighted by atomic mass is 19.4. The molecule has 0 saturated carbocycles. The molecule has 0 unspecified atom stereocenters. The van der Waals surface area contributed by atoms with Crippen LogP contribution in [0.3, 0.4) is 0 Å². The van der Waals surface area contributed by atoms with Crippen LogP contribution < -0.4 is 16.3 Å². The number of aromatic nitrogens is 5. The van der Waals surface area contributed by atoms with Gasteiger partial charge >= 0.3 is 11.9 Å². The van der Waals surface area contributed by atoms with E-state index in [1.807, 2.05) is 0 Å². The van der Waals surface area contributed by atoms with Crippen molar-refractivity contribution in [3.63, 3.8) is 0 Å². The maximum atomic E-state index is 13.5. The first-order chi connectivity index (χ1) is 19.8. The average molecular weight is 587 g/mol. The van der Waals surface area contributed by atoms with Crippen LogP contribution in [-0.4, -0.2) is 61.2 Å². The van der Waals surface area contributed by atoms with E-state index in [1.165, 1.54) is 38.4 Å². The predicted molar refractivity (Wildman–Crippen MR) is 148 cm³/mol. The summed E-state index contributed by atoms with van der Waals surface area (Å²) in [7, 11) is 3.06. The number of allylic oxidation sites excluding steroid dienone is 2. The van der Waals surface area contributed by atoms with Crippen molar-refractivity contribution in [2.45, 2.75) is 25.6 Å². The summed E-state index contributed by atoms with van der Waals surface area (Å²) >= 11 is 0. The van der Waals surface area contributed by atoms with E-state index in [0.717, 1.165) is 11.8 Å². The number of benzene rings is 1. The van der Waals surface area contributed by atoms with Crippen LogP contribution in [0.25, 0.3) is 28.2 Å². The summed E-state index contributed by atoms with van der Waals surface area (Å²) < 4.78 is 68.7. The van der Waals surface area contributed by atoms with Gasteiger partial charge in [-0.2, -0.15) is 13.2 Å². The van der Waals surface area contributed by atoms with E-state index in [1.54, 1.807) is 56.4 Å². The van der Waals surface area contributed by atoms with Gasteiger partial charge in [-0.25, -0.2) is 28.5 Å². The molecule has 220 valence electrons. The molecule has 4 aromatic rings. The molecule has 1 aromatic carbocycles. The van der Waals surface area contributed by atoms with Gasteiger partial charge < -0.3 is 15.5 Å². The predicted octanol–water partition coefficient (Wildman–Crippen LogP) is 4.35. The van der Waals surface area contributed by atoms with Gasteiger partial charge in [0.05, 0.1) is 31.4 Å². The Morgan fingerprint density at radius 3 is 2.45 bits per heavy atom. The molecule has 0 amide bonds. The third kappa shape index (κ3) is 5.43. The highest BCUT2D eigenvalue weighted by molar-refractivity contribution is 5.78. The number of anilines is 1. The Labute approximate surface area is 237 Å². The standard InChI is InChI=1S/C28H27F5N8O/c1-4-20(38(2)14-22(34)28(31,32)33)18-9-7-17(8-10-18)13-41-25-21(39(3)26(41)42)12-36-23(37-25)19-6-5-11-35-24(19)40-15-27(29,30)16-40/h4-12,14H,13,15-16,34H2,1-3H3/b20-4-,22-14-. The Morgan fingerprint density at radius 1 is 1.14 bits per heavy atom. The lowest BCUT2D eigenvalue weighted by Crippen LogP contribution is -2.56. The summed E-state index contributed by atoms with van der Waals surface area (Å²) in [5.74, 6) is -2.21. The third-order valence-electron chi connectivity index (χ3n) is 6.96. The van der Waals surface area contributed by atoms with E-state index in [0.29, 0.717) is 33.8 Å². The fourth-order valence-electron chi connectivity index (χ4n) is 4.82. The summed E-state index contributed by atoms with van der Waals surface area (Å²) in [6.07, 6.45) is 0.853. The van der Waals surface area contributed by atoms with Crippen LogP contribution in [0.2, 0.25) is 0 Å². The molecule has 14 heteroatoms. The fourth-order valence-corrected chi connectivity index (χ4v) is 4.82. The molecule has 0 radical (unpaired) electrons. The lowest BCUT2D eigenvalue weighted by molar-refractivity contribution is -0.0934. The van der Waals surface area contributed by atoms with Gasteiger partial charge in [0.2, 0.25) is 0 Å². The van der Waals surface area contributed by atoms with Crippen molar-refractivity contribution in [3.05, 3.63) is 88.4 Å². The maximum Gasteiger partial charge on any atom is 0.432 e. The molecule has 1 aliphatic rings. The van der Waals surface area contributed by atoms with Crippen molar-refractivity contribution >= 4 is 22.7 Å². The van der Waals surface area contributed by atoms with Crippen molar-refractivity contribution < 1.29 is 22.0 Å². The van der Waals surface area contributed by atoms with Crippen molar-refractivity contribution in [1.29, 1.82) is 0 Å². The van der Waals surface area contributed by atoms with Gasteiger partial charge in [0, 0.05) is 32.2 Å². The molecule has 0 bridgehead atoms. The maximum absolute atomic E-state index is 13.5. The first-order valence-electron chi connectivity index (χ1n) is 12.8. The zero-order chi connectivity index (χ0) is 30.4. The van der Waals surface area contributed by atoms with Gasteiger partial charge in [0.25, 0.3) is 5.92 Å². The summed E-state index contributed by atoms with van der Waals surface area (Å²) in [4.78, 5) is 29.2. The molecule has 1 saturated heterocycles. The Kier molecular flexibility index (Phi) is 7.25. The Bertz CT molecular complexity index is 1750. The topological polar surface area (TPSA) is 98.1 Å². The number of pyridine rings is 1. The molecule has 0 spiro atoms. The molecule has 9 nitrogen and oxygen atoms in total. The molecular formula is C28H27F5N8O. The molecule has 1 fully saturated rings. The van der Waals surface area contributed by atoms with Crippen LogP contribution in [0.1, 0.15) is 18.1 Å². The second kappa shape index (κ2) is 10.6. The molecule has 0 aliphatic carbocycles. The number of nitrogens with zero attached hydrogens (tertiary/aromatic N) is 7. The second-order valence-corrected chi connectivity index (χ2v) is 9.98.